The third kappa shape index (κ3) is 5.40. The Bertz CT molecular complexity index is 501. The van der Waals surface area contributed by atoms with Crippen molar-refractivity contribution >= 4 is 12.6 Å². The smallest absolute Gasteiger partial charge is 0.0599 e. The SMILES string of the molecule is CC(C)(C)C1CCC(C(C)(C)C2CCC(C(C)(C)C3CCC([SH2+])CC3)CC2)CC1. The first kappa shape index (κ1) is 24.0. The summed E-state index contributed by atoms with van der Waals surface area (Å²) in [7, 11) is 0. The second-order valence-corrected chi connectivity index (χ2v) is 14.5. The average Bonchev–Trinajstić information content (AvgIpc) is 2.68. The van der Waals surface area contributed by atoms with Gasteiger partial charge in [0.2, 0.25) is 0 Å². The molecule has 0 bridgehead atoms. The Balaban J connectivity index is 1.53. The maximum Gasteiger partial charge on any atom is 0.113 e. The summed E-state index contributed by atoms with van der Waals surface area (Å²) in [6.07, 6.45) is 17.6. The van der Waals surface area contributed by atoms with Crippen LogP contribution in [0.15, 0.2) is 0 Å². The Morgan fingerprint density at radius 3 is 0.931 bits per heavy atom. The summed E-state index contributed by atoms with van der Waals surface area (Å²) in [5, 5.41) is 0.784. The highest BCUT2D eigenvalue weighted by atomic mass is 32.1. The van der Waals surface area contributed by atoms with E-state index in [4.69, 9.17) is 0 Å². The number of hydrogen-bond donors (Lipinski definition) is 0. The van der Waals surface area contributed by atoms with Gasteiger partial charge in [0.15, 0.2) is 0 Å². The van der Waals surface area contributed by atoms with Gasteiger partial charge in [0, 0.05) is 0 Å². The predicted molar refractivity (Wildman–Crippen MR) is 134 cm³/mol. The Kier molecular flexibility index (Phi) is 7.51. The van der Waals surface area contributed by atoms with Gasteiger partial charge in [-0.3, -0.25) is 0 Å². The second kappa shape index (κ2) is 9.07. The van der Waals surface area contributed by atoms with Gasteiger partial charge in [-0.1, -0.05) is 48.5 Å². The van der Waals surface area contributed by atoms with E-state index in [1.54, 1.807) is 0 Å². The average molecular weight is 422 g/mol. The van der Waals surface area contributed by atoms with Gasteiger partial charge in [-0.15, -0.1) is 0 Å². The van der Waals surface area contributed by atoms with Crippen LogP contribution in [0, 0.1) is 45.8 Å². The number of rotatable bonds is 4. The number of hydrogen-bond acceptors (Lipinski definition) is 0. The molecule has 0 aromatic rings. The van der Waals surface area contributed by atoms with E-state index in [-0.39, 0.29) is 0 Å². The Morgan fingerprint density at radius 2 is 0.655 bits per heavy atom. The first-order valence-corrected chi connectivity index (χ1v) is 13.7. The van der Waals surface area contributed by atoms with Crippen LogP contribution in [0.3, 0.4) is 0 Å². The zero-order valence-electron chi connectivity index (χ0n) is 20.9. The molecule has 0 saturated heterocycles. The van der Waals surface area contributed by atoms with Crippen LogP contribution in [0.1, 0.15) is 126 Å². The van der Waals surface area contributed by atoms with Gasteiger partial charge in [0.05, 0.1) is 0 Å². The molecule has 0 aliphatic heterocycles. The standard InChI is InChI=1S/C28H52S/c1-26(2,3)20-8-10-21(11-9-20)27(4,5)22-12-14-23(15-13-22)28(6,7)24-16-18-25(29)19-17-24/h20-25,29H,8-19H2,1-7H3/p+1. The monoisotopic (exact) mass is 421 g/mol. The van der Waals surface area contributed by atoms with Crippen LogP contribution in [0.2, 0.25) is 0 Å². The van der Waals surface area contributed by atoms with Crippen molar-refractivity contribution in [2.24, 2.45) is 45.8 Å². The molecular weight excluding hydrogens is 368 g/mol. The second-order valence-electron chi connectivity index (χ2n) is 13.7. The Labute approximate surface area is 189 Å². The van der Waals surface area contributed by atoms with E-state index in [1.807, 2.05) is 0 Å². The first-order chi connectivity index (χ1) is 13.4. The van der Waals surface area contributed by atoms with Crippen molar-refractivity contribution in [3.05, 3.63) is 0 Å². The highest BCUT2D eigenvalue weighted by Crippen LogP contribution is 2.55. The normalized spacial score (nSPS) is 38.1. The molecule has 0 radical (unpaired) electrons. The van der Waals surface area contributed by atoms with Crippen LogP contribution in [0.25, 0.3) is 0 Å². The third-order valence-electron chi connectivity index (χ3n) is 10.6. The first-order valence-electron chi connectivity index (χ1n) is 13.1. The maximum absolute atomic E-state index is 3.91. The van der Waals surface area contributed by atoms with Crippen molar-refractivity contribution in [3.8, 4) is 0 Å². The molecule has 3 aliphatic carbocycles. The predicted octanol–water partition coefficient (Wildman–Crippen LogP) is 8.27. The molecule has 0 N–H and O–H groups in total. The van der Waals surface area contributed by atoms with Crippen molar-refractivity contribution in [1.29, 1.82) is 0 Å². The van der Waals surface area contributed by atoms with E-state index in [1.165, 1.54) is 77.0 Å². The van der Waals surface area contributed by atoms with Gasteiger partial charge >= 0.3 is 0 Å². The summed E-state index contributed by atoms with van der Waals surface area (Å²) in [5.74, 6) is 4.79. The molecule has 29 heavy (non-hydrogen) atoms. The van der Waals surface area contributed by atoms with Gasteiger partial charge in [-0.2, -0.15) is 0 Å². The molecule has 1 heteroatoms. The van der Waals surface area contributed by atoms with Crippen LogP contribution in [0.4, 0.5) is 0 Å². The van der Waals surface area contributed by atoms with Crippen LogP contribution in [-0.4, -0.2) is 5.25 Å². The molecule has 0 heterocycles. The molecule has 0 spiro atoms. The Hall–Kier alpha value is 0.350. The van der Waals surface area contributed by atoms with Crippen molar-refractivity contribution in [1.82, 2.24) is 0 Å². The van der Waals surface area contributed by atoms with E-state index in [9.17, 15) is 0 Å². The molecule has 0 aromatic carbocycles. The van der Waals surface area contributed by atoms with Crippen LogP contribution >= 0.6 is 0 Å². The fraction of sp³-hybridized carbons (Fsp3) is 1.00. The molecule has 3 fully saturated rings. The lowest BCUT2D eigenvalue weighted by molar-refractivity contribution is -0.00563. The fourth-order valence-electron chi connectivity index (χ4n) is 7.79. The van der Waals surface area contributed by atoms with Crippen molar-refractivity contribution < 1.29 is 0 Å². The summed E-state index contributed by atoms with van der Waals surface area (Å²) in [5.41, 5.74) is 1.60. The molecule has 3 saturated carbocycles. The quantitative estimate of drug-likeness (QED) is 0.401. The van der Waals surface area contributed by atoms with Crippen LogP contribution in [0.5, 0.6) is 0 Å². The van der Waals surface area contributed by atoms with Gasteiger partial charge in [-0.25, -0.2) is 0 Å². The summed E-state index contributed by atoms with van der Waals surface area (Å²) in [6, 6.07) is 0. The lowest BCUT2D eigenvalue weighted by atomic mass is 9.54. The fourth-order valence-corrected chi connectivity index (χ4v) is 8.12. The van der Waals surface area contributed by atoms with E-state index in [0.717, 1.165) is 34.8 Å². The van der Waals surface area contributed by atoms with Gasteiger partial charge in [-0.05, 0) is 136 Å². The summed E-state index contributed by atoms with van der Waals surface area (Å²) in [6.45, 7) is 17.9. The largest absolute Gasteiger partial charge is 0.113 e. The topological polar surface area (TPSA) is 0 Å². The summed E-state index contributed by atoms with van der Waals surface area (Å²) < 4.78 is 0. The molecule has 0 unspecified atom stereocenters. The summed E-state index contributed by atoms with van der Waals surface area (Å²) >= 11 is 3.91. The van der Waals surface area contributed by atoms with E-state index < -0.39 is 0 Å². The zero-order valence-corrected chi connectivity index (χ0v) is 21.9. The molecule has 3 aliphatic rings. The highest BCUT2D eigenvalue weighted by molar-refractivity contribution is 7.59. The lowest BCUT2D eigenvalue weighted by Crippen LogP contribution is -2.41. The minimum atomic E-state index is 0.507. The van der Waals surface area contributed by atoms with E-state index in [2.05, 4.69) is 61.1 Å². The van der Waals surface area contributed by atoms with Crippen molar-refractivity contribution in [2.75, 3.05) is 0 Å². The molecular formula is C28H53S+. The maximum atomic E-state index is 3.91. The van der Waals surface area contributed by atoms with Crippen molar-refractivity contribution in [2.45, 2.75) is 131 Å². The van der Waals surface area contributed by atoms with Gasteiger partial charge in [0.25, 0.3) is 0 Å². The molecule has 0 amide bonds. The summed E-state index contributed by atoms with van der Waals surface area (Å²) in [4.78, 5) is 0. The lowest BCUT2D eigenvalue weighted by Gasteiger charge is -2.51. The van der Waals surface area contributed by atoms with Gasteiger partial charge < -0.3 is 0 Å². The highest BCUT2D eigenvalue weighted by Gasteiger charge is 2.45. The third-order valence-corrected chi connectivity index (χ3v) is 11.2. The van der Waals surface area contributed by atoms with Gasteiger partial charge in [0.1, 0.15) is 5.25 Å². The van der Waals surface area contributed by atoms with Crippen LogP contribution in [-0.2, 0) is 12.6 Å². The zero-order chi connectivity index (χ0) is 21.4. The molecule has 0 atom stereocenters. The van der Waals surface area contributed by atoms with Crippen LogP contribution < -0.4 is 0 Å². The minimum absolute atomic E-state index is 0.507. The molecule has 0 nitrogen and oxygen atoms in total. The van der Waals surface area contributed by atoms with E-state index in [0.29, 0.717) is 16.2 Å². The molecule has 170 valence electrons. The minimum Gasteiger partial charge on any atom is -0.0599 e. The van der Waals surface area contributed by atoms with E-state index >= 15 is 0 Å². The molecule has 0 aromatic heterocycles. The Morgan fingerprint density at radius 1 is 0.414 bits per heavy atom. The van der Waals surface area contributed by atoms with Crippen molar-refractivity contribution in [3.63, 3.8) is 0 Å². The molecule has 3 rings (SSSR count).